The van der Waals surface area contributed by atoms with Crippen LogP contribution in [0.4, 0.5) is 4.39 Å². The first-order valence-electron chi connectivity index (χ1n) is 11.0. The molecule has 2 aromatic carbocycles. The lowest BCUT2D eigenvalue weighted by molar-refractivity contribution is -0.118. The smallest absolute Gasteiger partial charge is 0.217 e. The van der Waals surface area contributed by atoms with Crippen LogP contribution in [-0.2, 0) is 11.2 Å². The number of hydrogen-bond donors (Lipinski definition) is 1. The van der Waals surface area contributed by atoms with Gasteiger partial charge in [-0.25, -0.2) is 4.39 Å². The van der Waals surface area contributed by atoms with Gasteiger partial charge in [-0.1, -0.05) is 37.3 Å². The van der Waals surface area contributed by atoms with E-state index in [0.29, 0.717) is 24.8 Å². The van der Waals surface area contributed by atoms with Gasteiger partial charge < -0.3 is 5.73 Å². The van der Waals surface area contributed by atoms with Crippen molar-refractivity contribution in [2.45, 2.75) is 45.4 Å². The summed E-state index contributed by atoms with van der Waals surface area (Å²) in [6.45, 7) is 2.88. The molecule has 156 valence electrons. The Hall–Kier alpha value is -2.75. The Morgan fingerprint density at radius 2 is 2.07 bits per heavy atom. The minimum absolute atomic E-state index is 0.170. The lowest BCUT2D eigenvalue weighted by Crippen LogP contribution is -2.25. The standard InChI is InChI=1S/C26H29FN2O/c1-17-13-20-8-7-19(15-25(20)29-16-21(17)9-12-26(28)30)23-6-4-2-3-5-18-14-22(27)10-11-24(18)23/h6-8,10-11,13-15,17,21H,2-5,9,12,16H2,1H3,(H2,28,30). The SMILES string of the molecule is CC1C=c2ccc(C3=CCCCCc4cc(F)ccc43)cc2=NCC1CCC(N)=O. The molecule has 30 heavy (non-hydrogen) atoms. The van der Waals surface area contributed by atoms with Gasteiger partial charge in [0, 0.05) is 13.0 Å². The molecule has 1 aliphatic heterocycles. The summed E-state index contributed by atoms with van der Waals surface area (Å²) < 4.78 is 13.8. The van der Waals surface area contributed by atoms with Crippen LogP contribution < -0.4 is 16.3 Å². The van der Waals surface area contributed by atoms with Crippen molar-refractivity contribution >= 4 is 17.6 Å². The van der Waals surface area contributed by atoms with Gasteiger partial charge in [-0.05, 0) is 89.6 Å². The van der Waals surface area contributed by atoms with Gasteiger partial charge in [0.25, 0.3) is 0 Å². The highest BCUT2D eigenvalue weighted by Crippen LogP contribution is 2.30. The molecular formula is C26H29FN2O. The van der Waals surface area contributed by atoms with Crippen LogP contribution in [0.15, 0.2) is 47.5 Å². The fraction of sp³-hybridized carbons (Fsp3) is 0.385. The minimum Gasteiger partial charge on any atom is -0.370 e. The number of aryl methyl sites for hydroxylation is 1. The molecule has 4 heteroatoms. The molecule has 0 fully saturated rings. The van der Waals surface area contributed by atoms with Crippen molar-refractivity contribution in [2.75, 3.05) is 6.54 Å². The van der Waals surface area contributed by atoms with Gasteiger partial charge >= 0.3 is 0 Å². The van der Waals surface area contributed by atoms with E-state index in [-0.39, 0.29) is 11.7 Å². The van der Waals surface area contributed by atoms with Crippen molar-refractivity contribution in [1.82, 2.24) is 0 Å². The zero-order chi connectivity index (χ0) is 21.1. The molecule has 0 saturated heterocycles. The van der Waals surface area contributed by atoms with Crippen molar-refractivity contribution in [3.63, 3.8) is 0 Å². The van der Waals surface area contributed by atoms with E-state index in [1.165, 1.54) is 5.57 Å². The van der Waals surface area contributed by atoms with Gasteiger partial charge in [0.2, 0.25) is 5.91 Å². The predicted octanol–water partition coefficient (Wildman–Crippen LogP) is 3.92. The molecule has 1 amide bonds. The molecule has 1 aliphatic carbocycles. The van der Waals surface area contributed by atoms with Crippen molar-refractivity contribution in [1.29, 1.82) is 0 Å². The quantitative estimate of drug-likeness (QED) is 0.825. The van der Waals surface area contributed by atoms with E-state index in [1.807, 2.05) is 6.07 Å². The number of rotatable bonds is 4. The predicted molar refractivity (Wildman–Crippen MR) is 119 cm³/mol. The van der Waals surface area contributed by atoms with Gasteiger partial charge in [0.15, 0.2) is 0 Å². The lowest BCUT2D eigenvalue weighted by atomic mass is 9.88. The molecule has 0 radical (unpaired) electrons. The zero-order valence-corrected chi connectivity index (χ0v) is 17.5. The Balaban J connectivity index is 1.72. The Bertz CT molecular complexity index is 1100. The molecule has 2 aromatic rings. The summed E-state index contributed by atoms with van der Waals surface area (Å²) in [6.07, 6.45) is 9.85. The number of amides is 1. The van der Waals surface area contributed by atoms with E-state index in [1.54, 1.807) is 12.1 Å². The number of primary amides is 1. The summed E-state index contributed by atoms with van der Waals surface area (Å²) in [5.74, 6) is 0.232. The van der Waals surface area contributed by atoms with Gasteiger partial charge in [-0.3, -0.25) is 9.79 Å². The van der Waals surface area contributed by atoms with Gasteiger partial charge in [-0.2, -0.15) is 0 Å². The van der Waals surface area contributed by atoms with Crippen LogP contribution in [-0.4, -0.2) is 12.5 Å². The van der Waals surface area contributed by atoms with E-state index in [2.05, 4.69) is 37.3 Å². The van der Waals surface area contributed by atoms with E-state index >= 15 is 0 Å². The highest BCUT2D eigenvalue weighted by atomic mass is 19.1. The van der Waals surface area contributed by atoms with Crippen LogP contribution >= 0.6 is 0 Å². The summed E-state index contributed by atoms with van der Waals surface area (Å²) >= 11 is 0. The van der Waals surface area contributed by atoms with E-state index in [9.17, 15) is 9.18 Å². The molecular weight excluding hydrogens is 375 g/mol. The second-order valence-corrected chi connectivity index (χ2v) is 8.57. The average Bonchev–Trinajstić information content (AvgIpc) is 2.85. The molecule has 2 unspecified atom stereocenters. The Labute approximate surface area is 177 Å². The van der Waals surface area contributed by atoms with Crippen LogP contribution in [0.25, 0.3) is 11.6 Å². The Morgan fingerprint density at radius 3 is 2.90 bits per heavy atom. The number of halogens is 1. The Kier molecular flexibility index (Phi) is 6.12. The second kappa shape index (κ2) is 8.95. The molecule has 0 saturated carbocycles. The molecule has 1 heterocycles. The normalized spacial score (nSPS) is 20.9. The molecule has 2 atom stereocenters. The maximum Gasteiger partial charge on any atom is 0.217 e. The largest absolute Gasteiger partial charge is 0.370 e. The number of hydrogen-bond acceptors (Lipinski definition) is 2. The highest BCUT2D eigenvalue weighted by molar-refractivity contribution is 5.81. The van der Waals surface area contributed by atoms with E-state index < -0.39 is 0 Å². The Morgan fingerprint density at radius 1 is 1.20 bits per heavy atom. The molecule has 2 aliphatic rings. The summed E-state index contributed by atoms with van der Waals surface area (Å²) in [6, 6.07) is 11.6. The summed E-state index contributed by atoms with van der Waals surface area (Å²) in [5.41, 5.74) is 9.85. The number of carbonyl (C=O) groups is 1. The number of fused-ring (bicyclic) bond motifs is 2. The highest BCUT2D eigenvalue weighted by Gasteiger charge is 2.19. The van der Waals surface area contributed by atoms with Crippen LogP contribution in [0.1, 0.15) is 55.7 Å². The molecule has 2 N–H and O–H groups in total. The number of nitrogens with two attached hydrogens (primary N) is 1. The van der Waals surface area contributed by atoms with Gasteiger partial charge in [0.05, 0.1) is 5.36 Å². The summed E-state index contributed by atoms with van der Waals surface area (Å²) in [7, 11) is 0. The first-order chi connectivity index (χ1) is 14.5. The third kappa shape index (κ3) is 4.53. The number of carbonyl (C=O) groups excluding carboxylic acids is 1. The molecule has 0 spiro atoms. The summed E-state index contributed by atoms with van der Waals surface area (Å²) in [4.78, 5) is 16.1. The van der Waals surface area contributed by atoms with Crippen molar-refractivity contribution < 1.29 is 9.18 Å². The van der Waals surface area contributed by atoms with Crippen molar-refractivity contribution in [2.24, 2.45) is 22.6 Å². The fourth-order valence-electron chi connectivity index (χ4n) is 4.59. The van der Waals surface area contributed by atoms with Gasteiger partial charge in [-0.15, -0.1) is 0 Å². The zero-order valence-electron chi connectivity index (χ0n) is 17.5. The third-order valence-electron chi connectivity index (χ3n) is 6.39. The summed E-state index contributed by atoms with van der Waals surface area (Å²) in [5, 5.41) is 2.13. The van der Waals surface area contributed by atoms with Crippen LogP contribution in [0.2, 0.25) is 0 Å². The fourth-order valence-corrected chi connectivity index (χ4v) is 4.59. The maximum atomic E-state index is 13.8. The van der Waals surface area contributed by atoms with E-state index in [4.69, 9.17) is 10.7 Å². The minimum atomic E-state index is -0.252. The molecule has 3 nitrogen and oxygen atoms in total. The molecule has 0 aromatic heterocycles. The first-order valence-corrected chi connectivity index (χ1v) is 11.0. The third-order valence-corrected chi connectivity index (χ3v) is 6.39. The second-order valence-electron chi connectivity index (χ2n) is 8.57. The van der Waals surface area contributed by atoms with Crippen molar-refractivity contribution in [3.8, 4) is 0 Å². The van der Waals surface area contributed by atoms with Crippen LogP contribution in [0.5, 0.6) is 0 Å². The molecule has 0 bridgehead atoms. The lowest BCUT2D eigenvalue weighted by Gasteiger charge is -2.17. The first kappa shape index (κ1) is 20.5. The average molecular weight is 405 g/mol. The molecule has 4 rings (SSSR count). The number of benzene rings is 2. The van der Waals surface area contributed by atoms with E-state index in [0.717, 1.165) is 59.4 Å². The van der Waals surface area contributed by atoms with Crippen LogP contribution in [0.3, 0.4) is 0 Å². The topological polar surface area (TPSA) is 55.4 Å². The number of nitrogens with zero attached hydrogens (tertiary/aromatic N) is 1. The maximum absolute atomic E-state index is 13.8. The number of allylic oxidation sites excluding steroid dienone is 1. The monoisotopic (exact) mass is 404 g/mol. The van der Waals surface area contributed by atoms with Crippen molar-refractivity contribution in [3.05, 3.63) is 75.6 Å². The van der Waals surface area contributed by atoms with Gasteiger partial charge in [0.1, 0.15) is 5.82 Å². The van der Waals surface area contributed by atoms with Crippen LogP contribution in [0, 0.1) is 17.7 Å².